The number of hydrogen-bond donors (Lipinski definition) is 0. The zero-order valence-corrected chi connectivity index (χ0v) is 13.6. The Balaban J connectivity index is 2.07. The molecule has 0 amide bonds. The summed E-state index contributed by atoms with van der Waals surface area (Å²) in [7, 11) is 2.06. The van der Waals surface area contributed by atoms with E-state index in [1.165, 1.54) is 27.8 Å². The summed E-state index contributed by atoms with van der Waals surface area (Å²) < 4.78 is 0. The van der Waals surface area contributed by atoms with Crippen molar-refractivity contribution in [2.24, 2.45) is 4.99 Å². The molecule has 2 heteroatoms. The van der Waals surface area contributed by atoms with Crippen molar-refractivity contribution in [3.63, 3.8) is 0 Å². The molecule has 2 nitrogen and oxygen atoms in total. The van der Waals surface area contributed by atoms with E-state index < -0.39 is 0 Å². The summed E-state index contributed by atoms with van der Waals surface area (Å²) in [4.78, 5) is 6.71. The average Bonchev–Trinajstić information content (AvgIpc) is 2.41. The highest BCUT2D eigenvalue weighted by atomic mass is 15.1. The zero-order chi connectivity index (χ0) is 15.4. The fourth-order valence-corrected chi connectivity index (χ4v) is 2.44. The third-order valence-electron chi connectivity index (χ3n) is 3.66. The molecule has 0 saturated heterocycles. The van der Waals surface area contributed by atoms with Crippen LogP contribution in [0.15, 0.2) is 41.4 Å². The van der Waals surface area contributed by atoms with Crippen LogP contribution in [0.2, 0.25) is 0 Å². The van der Waals surface area contributed by atoms with Crippen molar-refractivity contribution >= 4 is 12.0 Å². The largest absolute Gasteiger partial charge is 0.361 e. The van der Waals surface area contributed by atoms with Crippen LogP contribution in [0.4, 0.5) is 5.69 Å². The number of rotatable bonds is 4. The van der Waals surface area contributed by atoms with Gasteiger partial charge in [-0.25, -0.2) is 4.99 Å². The predicted octanol–water partition coefficient (Wildman–Crippen LogP) is 4.71. The van der Waals surface area contributed by atoms with Crippen molar-refractivity contribution in [2.45, 2.75) is 34.2 Å². The molecule has 0 fully saturated rings. The Morgan fingerprint density at radius 3 is 2.14 bits per heavy atom. The van der Waals surface area contributed by atoms with Crippen LogP contribution in [0.3, 0.4) is 0 Å². The first-order valence-electron chi connectivity index (χ1n) is 7.33. The highest BCUT2D eigenvalue weighted by Crippen LogP contribution is 2.19. The second-order valence-corrected chi connectivity index (χ2v) is 5.88. The van der Waals surface area contributed by atoms with Crippen molar-refractivity contribution in [3.05, 3.63) is 64.2 Å². The van der Waals surface area contributed by atoms with Crippen molar-refractivity contribution in [3.8, 4) is 0 Å². The van der Waals surface area contributed by atoms with Crippen molar-refractivity contribution in [2.75, 3.05) is 7.05 Å². The van der Waals surface area contributed by atoms with Gasteiger partial charge >= 0.3 is 0 Å². The standard InChI is InChI=1S/C19H24N2/c1-14-6-8-18(16(3)10-14)12-21(5)13-20-19-9-7-15(2)11-17(19)4/h6-11,13H,12H2,1-5H3. The van der Waals surface area contributed by atoms with Crippen molar-refractivity contribution < 1.29 is 0 Å². The summed E-state index contributed by atoms with van der Waals surface area (Å²) in [5, 5.41) is 0. The maximum absolute atomic E-state index is 4.59. The minimum absolute atomic E-state index is 0.876. The summed E-state index contributed by atoms with van der Waals surface area (Å²) >= 11 is 0. The van der Waals surface area contributed by atoms with E-state index in [-0.39, 0.29) is 0 Å². The van der Waals surface area contributed by atoms with Crippen LogP contribution in [0.1, 0.15) is 27.8 Å². The lowest BCUT2D eigenvalue weighted by Crippen LogP contribution is -2.16. The molecule has 0 N–H and O–H groups in total. The highest BCUT2D eigenvalue weighted by Gasteiger charge is 2.01. The fourth-order valence-electron chi connectivity index (χ4n) is 2.44. The van der Waals surface area contributed by atoms with Crippen LogP contribution >= 0.6 is 0 Å². The van der Waals surface area contributed by atoms with Crippen LogP contribution < -0.4 is 0 Å². The lowest BCUT2D eigenvalue weighted by Gasteiger charge is -2.15. The number of aliphatic imine (C=N–C) groups is 1. The number of aryl methyl sites for hydroxylation is 4. The van der Waals surface area contributed by atoms with E-state index in [9.17, 15) is 0 Å². The zero-order valence-electron chi connectivity index (χ0n) is 13.6. The first kappa shape index (κ1) is 15.3. The molecule has 0 atom stereocenters. The molecule has 0 aromatic heterocycles. The Morgan fingerprint density at radius 1 is 0.905 bits per heavy atom. The molecule has 0 aliphatic rings. The molecule has 0 heterocycles. The van der Waals surface area contributed by atoms with Gasteiger partial charge in [0.25, 0.3) is 0 Å². The SMILES string of the molecule is Cc1ccc(CN(C)C=Nc2ccc(C)cc2C)c(C)c1. The minimum Gasteiger partial charge on any atom is -0.361 e. The second kappa shape index (κ2) is 6.57. The van der Waals surface area contributed by atoms with E-state index in [0.29, 0.717) is 0 Å². The molecule has 0 unspecified atom stereocenters. The minimum atomic E-state index is 0.876. The van der Waals surface area contributed by atoms with Crippen LogP contribution in [0.25, 0.3) is 0 Å². The van der Waals surface area contributed by atoms with E-state index in [4.69, 9.17) is 0 Å². The molecule has 0 bridgehead atoms. The maximum atomic E-state index is 4.59. The Morgan fingerprint density at radius 2 is 1.52 bits per heavy atom. The quantitative estimate of drug-likeness (QED) is 0.585. The van der Waals surface area contributed by atoms with Gasteiger partial charge in [0.1, 0.15) is 0 Å². The molecule has 110 valence electrons. The van der Waals surface area contributed by atoms with Gasteiger partial charge in [0.2, 0.25) is 0 Å². The van der Waals surface area contributed by atoms with E-state index in [2.05, 4.69) is 81.0 Å². The van der Waals surface area contributed by atoms with Crippen LogP contribution in [-0.4, -0.2) is 18.3 Å². The first-order chi connectivity index (χ1) is 9.95. The van der Waals surface area contributed by atoms with Gasteiger partial charge in [0.15, 0.2) is 0 Å². The lowest BCUT2D eigenvalue weighted by molar-refractivity contribution is 0.514. The Kier molecular flexibility index (Phi) is 4.79. The number of nitrogens with zero attached hydrogens (tertiary/aromatic N) is 2. The Bertz CT molecular complexity index is 657. The Hall–Kier alpha value is -2.09. The molecular weight excluding hydrogens is 256 g/mol. The van der Waals surface area contributed by atoms with Gasteiger partial charge in [-0.05, 0) is 50.5 Å². The fraction of sp³-hybridized carbons (Fsp3) is 0.316. The topological polar surface area (TPSA) is 15.6 Å². The van der Waals surface area contributed by atoms with Crippen LogP contribution in [0.5, 0.6) is 0 Å². The first-order valence-corrected chi connectivity index (χ1v) is 7.33. The molecule has 2 aromatic rings. The number of benzene rings is 2. The van der Waals surface area contributed by atoms with E-state index >= 15 is 0 Å². The molecular formula is C19H24N2. The number of hydrogen-bond acceptors (Lipinski definition) is 1. The van der Waals surface area contributed by atoms with E-state index in [0.717, 1.165) is 12.2 Å². The summed E-state index contributed by atoms with van der Waals surface area (Å²) in [5.41, 5.74) is 7.51. The van der Waals surface area contributed by atoms with E-state index in [1.54, 1.807) is 0 Å². The third kappa shape index (κ3) is 4.19. The van der Waals surface area contributed by atoms with Crippen molar-refractivity contribution in [1.29, 1.82) is 0 Å². The van der Waals surface area contributed by atoms with Gasteiger partial charge in [0.05, 0.1) is 12.0 Å². The molecule has 2 rings (SSSR count). The molecule has 0 aliphatic heterocycles. The van der Waals surface area contributed by atoms with Crippen molar-refractivity contribution in [1.82, 2.24) is 4.90 Å². The lowest BCUT2D eigenvalue weighted by atomic mass is 10.1. The summed E-state index contributed by atoms with van der Waals surface area (Å²) in [6.45, 7) is 9.37. The highest BCUT2D eigenvalue weighted by molar-refractivity contribution is 5.63. The van der Waals surface area contributed by atoms with Crippen LogP contribution in [-0.2, 0) is 6.54 Å². The summed E-state index contributed by atoms with van der Waals surface area (Å²) in [6, 6.07) is 12.9. The Labute approximate surface area is 128 Å². The summed E-state index contributed by atoms with van der Waals surface area (Å²) in [6.07, 6.45) is 1.91. The monoisotopic (exact) mass is 280 g/mol. The predicted molar refractivity (Wildman–Crippen MR) is 91.5 cm³/mol. The van der Waals surface area contributed by atoms with Gasteiger partial charge in [-0.15, -0.1) is 0 Å². The molecule has 2 aromatic carbocycles. The van der Waals surface area contributed by atoms with Gasteiger partial charge in [0, 0.05) is 13.6 Å². The smallest absolute Gasteiger partial charge is 0.0912 e. The molecule has 0 saturated carbocycles. The summed E-state index contributed by atoms with van der Waals surface area (Å²) in [5.74, 6) is 0. The van der Waals surface area contributed by atoms with Gasteiger partial charge in [-0.2, -0.15) is 0 Å². The molecule has 0 aliphatic carbocycles. The third-order valence-corrected chi connectivity index (χ3v) is 3.66. The average molecular weight is 280 g/mol. The van der Waals surface area contributed by atoms with Gasteiger partial charge < -0.3 is 4.90 Å². The van der Waals surface area contributed by atoms with Gasteiger partial charge in [-0.1, -0.05) is 41.5 Å². The normalized spacial score (nSPS) is 11.1. The molecule has 0 radical (unpaired) electrons. The molecule has 0 spiro atoms. The van der Waals surface area contributed by atoms with E-state index in [1.807, 2.05) is 6.34 Å². The van der Waals surface area contributed by atoms with Crippen LogP contribution in [0, 0.1) is 27.7 Å². The maximum Gasteiger partial charge on any atom is 0.0912 e. The van der Waals surface area contributed by atoms with Gasteiger partial charge in [-0.3, -0.25) is 0 Å². The second-order valence-electron chi connectivity index (χ2n) is 5.88. The molecule has 21 heavy (non-hydrogen) atoms.